The monoisotopic (exact) mass is 316 g/mol. The number of nitro groups is 1. The number of amides is 1. The molecule has 1 heterocycles. The Morgan fingerprint density at radius 3 is 2.74 bits per heavy atom. The zero-order chi connectivity index (χ0) is 17.0. The van der Waals surface area contributed by atoms with Gasteiger partial charge < -0.3 is 15.0 Å². The summed E-state index contributed by atoms with van der Waals surface area (Å²) >= 11 is 0. The number of para-hydroxylation sites is 1. The van der Waals surface area contributed by atoms with Gasteiger partial charge in [-0.1, -0.05) is 17.1 Å². The second kappa shape index (κ2) is 6.69. The highest BCUT2D eigenvalue weighted by Gasteiger charge is 2.16. The van der Waals surface area contributed by atoms with Gasteiger partial charge >= 0.3 is 5.95 Å². The predicted octanol–water partition coefficient (Wildman–Crippen LogP) is 1.16. The number of carbonyl (C=O) groups is 1. The fourth-order valence-electron chi connectivity index (χ4n) is 1.97. The molecular formula is C14H16N6O3. The molecular weight excluding hydrogens is 300 g/mol. The summed E-state index contributed by atoms with van der Waals surface area (Å²) in [5, 5.41) is 14.5. The van der Waals surface area contributed by atoms with Crippen LogP contribution in [0, 0.1) is 10.1 Å². The average Bonchev–Trinajstić information content (AvgIpc) is 2.88. The Kier molecular flexibility index (Phi) is 4.69. The highest BCUT2D eigenvalue weighted by atomic mass is 16.6. The molecule has 0 aliphatic heterocycles. The molecule has 120 valence electrons. The molecule has 1 amide bonds. The average molecular weight is 316 g/mol. The minimum absolute atomic E-state index is 0.296. The van der Waals surface area contributed by atoms with Gasteiger partial charge in [0.15, 0.2) is 5.69 Å². The van der Waals surface area contributed by atoms with Gasteiger partial charge in [-0.25, -0.2) is 9.99 Å². The van der Waals surface area contributed by atoms with Crippen molar-refractivity contribution in [1.29, 1.82) is 0 Å². The lowest BCUT2D eigenvalue weighted by Gasteiger charge is -2.15. The van der Waals surface area contributed by atoms with E-state index in [1.165, 1.54) is 24.0 Å². The number of benzene rings is 1. The van der Waals surface area contributed by atoms with Crippen molar-refractivity contribution in [2.24, 2.45) is 12.1 Å². The third-order valence-corrected chi connectivity index (χ3v) is 3.16. The number of hydrogen-bond donors (Lipinski definition) is 1. The van der Waals surface area contributed by atoms with Crippen molar-refractivity contribution in [3.05, 3.63) is 51.8 Å². The van der Waals surface area contributed by atoms with Crippen molar-refractivity contribution in [2.45, 2.75) is 0 Å². The minimum atomic E-state index is -0.594. The maximum Gasteiger partial charge on any atom is 0.434 e. The molecule has 0 saturated heterocycles. The summed E-state index contributed by atoms with van der Waals surface area (Å²) in [6.45, 7) is 0. The number of hydrazone groups is 1. The molecule has 0 bridgehead atoms. The normalized spacial score (nSPS) is 10.7. The van der Waals surface area contributed by atoms with Crippen LogP contribution in [0.25, 0.3) is 0 Å². The van der Waals surface area contributed by atoms with Crippen LogP contribution in [0.4, 0.5) is 11.6 Å². The van der Waals surface area contributed by atoms with E-state index in [4.69, 9.17) is 0 Å². The molecule has 1 N–H and O–H groups in total. The highest BCUT2D eigenvalue weighted by Crippen LogP contribution is 2.17. The second-order valence-electron chi connectivity index (χ2n) is 4.91. The van der Waals surface area contributed by atoms with Crippen LogP contribution in [-0.4, -0.2) is 40.7 Å². The molecule has 2 rings (SSSR count). The first kappa shape index (κ1) is 16.1. The van der Waals surface area contributed by atoms with Crippen molar-refractivity contribution < 1.29 is 9.72 Å². The predicted molar refractivity (Wildman–Crippen MR) is 85.7 cm³/mol. The standard InChI is InChI=1S/C14H16N6O3/c1-18(2)12-7-5-4-6-11(12)13(21)17-16-9-10-8-15-14(19(10)3)20(22)23/h4-9H,1-3H3,(H,17,21). The quantitative estimate of drug-likeness (QED) is 0.506. The third-order valence-electron chi connectivity index (χ3n) is 3.16. The first-order valence-corrected chi connectivity index (χ1v) is 6.67. The van der Waals surface area contributed by atoms with Gasteiger partial charge in [-0.3, -0.25) is 4.79 Å². The molecule has 1 aromatic heterocycles. The molecule has 0 atom stereocenters. The number of hydrogen-bond acceptors (Lipinski definition) is 6. The Labute approximate surface area is 132 Å². The van der Waals surface area contributed by atoms with Crippen LogP contribution >= 0.6 is 0 Å². The molecule has 9 heteroatoms. The van der Waals surface area contributed by atoms with Crippen molar-refractivity contribution in [2.75, 3.05) is 19.0 Å². The smallest absolute Gasteiger partial charge is 0.390 e. The molecule has 0 aliphatic carbocycles. The van der Waals surface area contributed by atoms with Crippen LogP contribution in [0.5, 0.6) is 0 Å². The maximum absolute atomic E-state index is 12.2. The van der Waals surface area contributed by atoms with Crippen molar-refractivity contribution in [1.82, 2.24) is 15.0 Å². The summed E-state index contributed by atoms with van der Waals surface area (Å²) in [7, 11) is 5.17. The second-order valence-corrected chi connectivity index (χ2v) is 4.91. The molecule has 2 aromatic rings. The molecule has 0 aliphatic rings. The van der Waals surface area contributed by atoms with E-state index in [2.05, 4.69) is 15.5 Å². The van der Waals surface area contributed by atoms with Crippen LogP contribution in [0.3, 0.4) is 0 Å². The van der Waals surface area contributed by atoms with E-state index in [9.17, 15) is 14.9 Å². The summed E-state index contributed by atoms with van der Waals surface area (Å²) in [5.41, 5.74) is 4.04. The Bertz CT molecular complexity index is 766. The minimum Gasteiger partial charge on any atom is -0.390 e. The number of anilines is 1. The van der Waals surface area contributed by atoms with Gasteiger partial charge in [0, 0.05) is 19.8 Å². The molecule has 9 nitrogen and oxygen atoms in total. The van der Waals surface area contributed by atoms with Crippen LogP contribution in [0.1, 0.15) is 16.1 Å². The SMILES string of the molecule is CN(C)c1ccccc1C(=O)NN=Cc1cnc([N+](=O)[O-])n1C. The topological polar surface area (TPSA) is 106 Å². The molecule has 0 spiro atoms. The summed E-state index contributed by atoms with van der Waals surface area (Å²) in [6.07, 6.45) is 2.61. The van der Waals surface area contributed by atoms with E-state index in [0.717, 1.165) is 5.69 Å². The fraction of sp³-hybridized carbons (Fsp3) is 0.214. The molecule has 0 radical (unpaired) electrons. The van der Waals surface area contributed by atoms with E-state index in [1.807, 2.05) is 31.1 Å². The number of nitrogens with zero attached hydrogens (tertiary/aromatic N) is 5. The fourth-order valence-corrected chi connectivity index (χ4v) is 1.97. The van der Waals surface area contributed by atoms with Crippen LogP contribution in [0.2, 0.25) is 0 Å². The van der Waals surface area contributed by atoms with E-state index >= 15 is 0 Å². The Balaban J connectivity index is 2.12. The summed E-state index contributed by atoms with van der Waals surface area (Å²) in [6, 6.07) is 7.11. The maximum atomic E-state index is 12.2. The molecule has 0 fully saturated rings. The van der Waals surface area contributed by atoms with E-state index < -0.39 is 4.92 Å². The zero-order valence-electron chi connectivity index (χ0n) is 12.9. The Hall–Kier alpha value is -3.23. The summed E-state index contributed by atoms with van der Waals surface area (Å²) < 4.78 is 1.27. The van der Waals surface area contributed by atoms with Gasteiger partial charge in [-0.05, 0) is 17.1 Å². The van der Waals surface area contributed by atoms with Crippen LogP contribution in [0.15, 0.2) is 35.6 Å². The lowest BCUT2D eigenvalue weighted by atomic mass is 10.1. The lowest BCUT2D eigenvalue weighted by Crippen LogP contribution is -2.21. The first-order chi connectivity index (χ1) is 10.9. The van der Waals surface area contributed by atoms with E-state index in [0.29, 0.717) is 11.3 Å². The lowest BCUT2D eigenvalue weighted by molar-refractivity contribution is -0.396. The molecule has 1 aromatic carbocycles. The molecule has 0 unspecified atom stereocenters. The van der Waals surface area contributed by atoms with E-state index in [1.54, 1.807) is 12.1 Å². The van der Waals surface area contributed by atoms with Gasteiger partial charge in [-0.15, -0.1) is 0 Å². The largest absolute Gasteiger partial charge is 0.434 e. The van der Waals surface area contributed by atoms with Gasteiger partial charge in [0.25, 0.3) is 5.91 Å². The van der Waals surface area contributed by atoms with Gasteiger partial charge in [0.05, 0.1) is 18.8 Å². The van der Waals surface area contributed by atoms with Gasteiger partial charge in [0.1, 0.15) is 6.20 Å². The van der Waals surface area contributed by atoms with Crippen molar-refractivity contribution in [3.8, 4) is 0 Å². The van der Waals surface area contributed by atoms with E-state index in [-0.39, 0.29) is 11.9 Å². The summed E-state index contributed by atoms with van der Waals surface area (Å²) in [4.78, 5) is 27.8. The number of rotatable bonds is 5. The van der Waals surface area contributed by atoms with Crippen LogP contribution < -0.4 is 10.3 Å². The molecule has 23 heavy (non-hydrogen) atoms. The van der Waals surface area contributed by atoms with Gasteiger partial charge in [-0.2, -0.15) is 5.10 Å². The van der Waals surface area contributed by atoms with Crippen molar-refractivity contribution >= 4 is 23.8 Å². The number of carbonyl (C=O) groups excluding carboxylic acids is 1. The highest BCUT2D eigenvalue weighted by molar-refractivity contribution is 6.00. The first-order valence-electron chi connectivity index (χ1n) is 6.67. The van der Waals surface area contributed by atoms with Gasteiger partial charge in [0.2, 0.25) is 0 Å². The third kappa shape index (κ3) is 3.51. The number of nitrogens with one attached hydrogen (secondary N) is 1. The molecule has 0 saturated carbocycles. The Morgan fingerprint density at radius 1 is 1.43 bits per heavy atom. The zero-order valence-corrected chi connectivity index (χ0v) is 12.9. The Morgan fingerprint density at radius 2 is 2.13 bits per heavy atom. The van der Waals surface area contributed by atoms with Crippen molar-refractivity contribution in [3.63, 3.8) is 0 Å². The summed E-state index contributed by atoms with van der Waals surface area (Å²) in [5.74, 6) is -0.669. The number of aromatic nitrogens is 2. The number of imidazole rings is 1. The van der Waals surface area contributed by atoms with Crippen LogP contribution in [-0.2, 0) is 7.05 Å².